The number of hydrogen-bond acceptors (Lipinski definition) is 7. The highest BCUT2D eigenvalue weighted by Crippen LogP contribution is 2.20. The fourth-order valence-corrected chi connectivity index (χ4v) is 2.18. The number of nitrogens with two attached hydrogens (primary N) is 1. The maximum absolute atomic E-state index is 5.49. The minimum atomic E-state index is 0.569. The fraction of sp³-hybridized carbons (Fsp3) is 0.692. The number of anilines is 2. The van der Waals surface area contributed by atoms with Crippen LogP contribution in [0.4, 0.5) is 11.6 Å². The lowest BCUT2D eigenvalue weighted by Crippen LogP contribution is -2.35. The summed E-state index contributed by atoms with van der Waals surface area (Å²) in [6.45, 7) is 7.29. The molecule has 0 unspecified atom stereocenters. The molecule has 1 rings (SSSR count). The van der Waals surface area contributed by atoms with Crippen molar-refractivity contribution < 1.29 is 0 Å². The maximum Gasteiger partial charge on any atom is 0.191 e. The van der Waals surface area contributed by atoms with E-state index in [2.05, 4.69) is 53.1 Å². The van der Waals surface area contributed by atoms with Crippen LogP contribution in [0.3, 0.4) is 0 Å². The van der Waals surface area contributed by atoms with Crippen molar-refractivity contribution in [1.29, 1.82) is 0 Å². The van der Waals surface area contributed by atoms with E-state index in [-0.39, 0.29) is 0 Å². The SMILES string of the molecule is CSc1nc(NN)cc(N(CCN(C)C)CC(C)C)n1. The van der Waals surface area contributed by atoms with Crippen LogP contribution in [-0.2, 0) is 0 Å². The molecule has 0 aromatic carbocycles. The van der Waals surface area contributed by atoms with Gasteiger partial charge in [-0.3, -0.25) is 0 Å². The molecule has 0 fully saturated rings. The average Bonchev–Trinajstić information content (AvgIpc) is 2.42. The van der Waals surface area contributed by atoms with Gasteiger partial charge in [0.2, 0.25) is 0 Å². The quantitative estimate of drug-likeness (QED) is 0.326. The molecule has 0 saturated carbocycles. The summed E-state index contributed by atoms with van der Waals surface area (Å²) in [5.41, 5.74) is 2.61. The van der Waals surface area contributed by atoms with E-state index in [4.69, 9.17) is 5.84 Å². The number of hydrogen-bond donors (Lipinski definition) is 2. The predicted molar refractivity (Wildman–Crippen MR) is 87.2 cm³/mol. The molecule has 1 heterocycles. The zero-order chi connectivity index (χ0) is 15.1. The molecule has 3 N–H and O–H groups in total. The third-order valence-electron chi connectivity index (χ3n) is 2.75. The van der Waals surface area contributed by atoms with Crippen molar-refractivity contribution in [2.75, 3.05) is 50.3 Å². The Labute approximate surface area is 126 Å². The molecule has 0 aliphatic rings. The molecule has 0 spiro atoms. The maximum atomic E-state index is 5.49. The van der Waals surface area contributed by atoms with Gasteiger partial charge in [-0.15, -0.1) is 0 Å². The van der Waals surface area contributed by atoms with Gasteiger partial charge in [-0.25, -0.2) is 15.8 Å². The summed E-state index contributed by atoms with van der Waals surface area (Å²) < 4.78 is 0. The van der Waals surface area contributed by atoms with E-state index in [0.717, 1.165) is 30.6 Å². The monoisotopic (exact) mass is 298 g/mol. The van der Waals surface area contributed by atoms with E-state index >= 15 is 0 Å². The van der Waals surface area contributed by atoms with Crippen LogP contribution < -0.4 is 16.2 Å². The van der Waals surface area contributed by atoms with E-state index < -0.39 is 0 Å². The number of likely N-dealkylation sites (N-methyl/N-ethyl adjacent to an activating group) is 1. The molecule has 0 bridgehead atoms. The Morgan fingerprint density at radius 2 is 2.00 bits per heavy atom. The van der Waals surface area contributed by atoms with Gasteiger partial charge in [-0.1, -0.05) is 25.6 Å². The van der Waals surface area contributed by atoms with Crippen molar-refractivity contribution in [2.45, 2.75) is 19.0 Å². The van der Waals surface area contributed by atoms with Crippen molar-refractivity contribution in [1.82, 2.24) is 14.9 Å². The van der Waals surface area contributed by atoms with E-state index in [1.807, 2.05) is 12.3 Å². The third-order valence-corrected chi connectivity index (χ3v) is 3.30. The molecule has 1 aromatic heterocycles. The molecule has 7 heteroatoms. The fourth-order valence-electron chi connectivity index (χ4n) is 1.80. The Balaban J connectivity index is 2.98. The molecule has 20 heavy (non-hydrogen) atoms. The third kappa shape index (κ3) is 5.52. The van der Waals surface area contributed by atoms with Crippen molar-refractivity contribution in [2.24, 2.45) is 11.8 Å². The Morgan fingerprint density at radius 1 is 1.30 bits per heavy atom. The van der Waals surface area contributed by atoms with Crippen molar-refractivity contribution >= 4 is 23.4 Å². The molecule has 0 aliphatic carbocycles. The number of thioether (sulfide) groups is 1. The van der Waals surface area contributed by atoms with E-state index in [9.17, 15) is 0 Å². The first kappa shape index (κ1) is 17.0. The van der Waals surface area contributed by atoms with Gasteiger partial charge in [0.05, 0.1) is 0 Å². The average molecular weight is 298 g/mol. The highest BCUT2D eigenvalue weighted by atomic mass is 32.2. The topological polar surface area (TPSA) is 70.3 Å². The second-order valence-electron chi connectivity index (χ2n) is 5.39. The predicted octanol–water partition coefficient (Wildman–Crippen LogP) is 1.51. The Morgan fingerprint density at radius 3 is 2.50 bits per heavy atom. The lowest BCUT2D eigenvalue weighted by atomic mass is 10.2. The molecule has 1 aromatic rings. The Kier molecular flexibility index (Phi) is 7.04. The molecule has 114 valence electrons. The van der Waals surface area contributed by atoms with Crippen LogP contribution in [0.15, 0.2) is 11.2 Å². The summed E-state index contributed by atoms with van der Waals surface area (Å²) >= 11 is 1.52. The first-order valence-electron chi connectivity index (χ1n) is 6.75. The van der Waals surface area contributed by atoms with Gasteiger partial charge in [0.15, 0.2) is 5.16 Å². The second kappa shape index (κ2) is 8.28. The second-order valence-corrected chi connectivity index (χ2v) is 6.16. The van der Waals surface area contributed by atoms with Gasteiger partial charge in [0.1, 0.15) is 11.6 Å². The van der Waals surface area contributed by atoms with Crippen LogP contribution in [0, 0.1) is 5.92 Å². The lowest BCUT2D eigenvalue weighted by molar-refractivity contribution is 0.408. The smallest absolute Gasteiger partial charge is 0.191 e. The molecule has 6 nitrogen and oxygen atoms in total. The minimum Gasteiger partial charge on any atom is -0.355 e. The first-order valence-corrected chi connectivity index (χ1v) is 7.98. The number of rotatable bonds is 8. The van der Waals surface area contributed by atoms with Gasteiger partial charge in [0.25, 0.3) is 0 Å². The lowest BCUT2D eigenvalue weighted by Gasteiger charge is -2.27. The van der Waals surface area contributed by atoms with E-state index in [1.165, 1.54) is 11.8 Å². The summed E-state index contributed by atoms with van der Waals surface area (Å²) in [7, 11) is 4.15. The summed E-state index contributed by atoms with van der Waals surface area (Å²) in [5.74, 6) is 7.63. The minimum absolute atomic E-state index is 0.569. The van der Waals surface area contributed by atoms with Gasteiger partial charge in [0, 0.05) is 25.7 Å². The molecule has 0 atom stereocenters. The summed E-state index contributed by atoms with van der Waals surface area (Å²) in [4.78, 5) is 13.4. The molecule has 0 aliphatic heterocycles. The van der Waals surface area contributed by atoms with Gasteiger partial charge in [-0.05, 0) is 26.3 Å². The van der Waals surface area contributed by atoms with Crippen LogP contribution in [0.1, 0.15) is 13.8 Å². The van der Waals surface area contributed by atoms with Crippen LogP contribution in [0.5, 0.6) is 0 Å². The van der Waals surface area contributed by atoms with E-state index in [1.54, 1.807) is 0 Å². The molecule has 0 radical (unpaired) electrons. The van der Waals surface area contributed by atoms with Gasteiger partial charge >= 0.3 is 0 Å². The van der Waals surface area contributed by atoms with Crippen molar-refractivity contribution in [3.8, 4) is 0 Å². The van der Waals surface area contributed by atoms with Crippen LogP contribution >= 0.6 is 11.8 Å². The Bertz CT molecular complexity index is 388. The van der Waals surface area contributed by atoms with Crippen molar-refractivity contribution in [3.05, 3.63) is 6.07 Å². The molecular formula is C13H26N6S. The van der Waals surface area contributed by atoms with Gasteiger partial charge in [-0.2, -0.15) is 0 Å². The number of nitrogens with zero attached hydrogens (tertiary/aromatic N) is 4. The first-order chi connectivity index (χ1) is 9.46. The highest BCUT2D eigenvalue weighted by Gasteiger charge is 2.13. The molecule has 0 amide bonds. The van der Waals surface area contributed by atoms with Crippen LogP contribution in [-0.4, -0.2) is 54.9 Å². The van der Waals surface area contributed by atoms with Crippen LogP contribution in [0.2, 0.25) is 0 Å². The normalized spacial score (nSPS) is 11.2. The molecule has 0 saturated heterocycles. The Hall–Kier alpha value is -1.05. The summed E-state index contributed by atoms with van der Waals surface area (Å²) in [6.07, 6.45) is 1.96. The molecular weight excluding hydrogens is 272 g/mol. The number of nitrogen functional groups attached to an aromatic ring is 1. The zero-order valence-corrected chi connectivity index (χ0v) is 13.9. The standard InChI is InChI=1S/C13H26N6S/c1-10(2)9-19(7-6-18(3)4)12-8-11(17-14)15-13(16-12)20-5/h8,10H,6-7,9,14H2,1-5H3,(H,15,16,17). The summed E-state index contributed by atoms with van der Waals surface area (Å²) in [6, 6.07) is 1.90. The van der Waals surface area contributed by atoms with Crippen molar-refractivity contribution in [3.63, 3.8) is 0 Å². The summed E-state index contributed by atoms with van der Waals surface area (Å²) in [5, 5.41) is 0.731. The number of aromatic nitrogens is 2. The zero-order valence-electron chi connectivity index (χ0n) is 13.1. The highest BCUT2D eigenvalue weighted by molar-refractivity contribution is 7.98. The van der Waals surface area contributed by atoms with Gasteiger partial charge < -0.3 is 15.2 Å². The largest absolute Gasteiger partial charge is 0.355 e. The van der Waals surface area contributed by atoms with E-state index in [0.29, 0.717) is 11.7 Å². The number of nitrogens with one attached hydrogen (secondary N) is 1. The number of hydrazine groups is 1. The van der Waals surface area contributed by atoms with Crippen LogP contribution in [0.25, 0.3) is 0 Å².